The van der Waals surface area contributed by atoms with E-state index in [-0.39, 0.29) is 17.7 Å². The van der Waals surface area contributed by atoms with Crippen molar-refractivity contribution in [1.29, 1.82) is 0 Å². The van der Waals surface area contributed by atoms with Crippen LogP contribution in [0.1, 0.15) is 55.5 Å². The average molecular weight is 423 g/mol. The molecule has 1 N–H and O–H groups in total. The third-order valence-electron chi connectivity index (χ3n) is 5.96. The minimum atomic E-state index is -0.0922. The number of anilines is 2. The number of nitrogens with zero attached hydrogens (tertiary/aromatic N) is 3. The second kappa shape index (κ2) is 10.9. The molecule has 0 unspecified atom stereocenters. The number of carbonyl (C=O) groups excluding carboxylic acids is 2. The number of aryl methyl sites for hydroxylation is 1. The zero-order chi connectivity index (χ0) is 22.2. The molecule has 0 bridgehead atoms. The molecule has 0 spiro atoms. The van der Waals surface area contributed by atoms with Gasteiger partial charge in [0.1, 0.15) is 5.82 Å². The second-order valence-corrected chi connectivity index (χ2v) is 8.25. The van der Waals surface area contributed by atoms with Crippen molar-refractivity contribution in [2.24, 2.45) is 5.92 Å². The summed E-state index contributed by atoms with van der Waals surface area (Å²) < 4.78 is 0. The summed E-state index contributed by atoms with van der Waals surface area (Å²) in [5.74, 6) is 0.526. The van der Waals surface area contributed by atoms with Gasteiger partial charge in [0.2, 0.25) is 5.91 Å². The molecule has 6 nitrogen and oxygen atoms in total. The maximum Gasteiger partial charge on any atom is 0.253 e. The van der Waals surface area contributed by atoms with E-state index in [4.69, 9.17) is 0 Å². The Morgan fingerprint density at radius 1 is 1.13 bits per heavy atom. The first-order valence-corrected chi connectivity index (χ1v) is 11.4. The lowest BCUT2D eigenvalue weighted by atomic mass is 9.95. The molecule has 1 aliphatic rings. The summed E-state index contributed by atoms with van der Waals surface area (Å²) in [5.41, 5.74) is 2.93. The number of hydrogen-bond acceptors (Lipinski definition) is 4. The Balaban J connectivity index is 1.53. The lowest BCUT2D eigenvalue weighted by Crippen LogP contribution is -2.41. The topological polar surface area (TPSA) is 65.5 Å². The highest BCUT2D eigenvalue weighted by Crippen LogP contribution is 2.22. The number of piperidine rings is 1. The molecule has 2 heterocycles. The van der Waals surface area contributed by atoms with Crippen LogP contribution in [-0.2, 0) is 4.79 Å². The van der Waals surface area contributed by atoms with Gasteiger partial charge in [-0.2, -0.15) is 0 Å². The first kappa shape index (κ1) is 22.8. The van der Waals surface area contributed by atoms with Gasteiger partial charge >= 0.3 is 0 Å². The maximum atomic E-state index is 12.9. The monoisotopic (exact) mass is 422 g/mol. The Labute approximate surface area is 185 Å². The zero-order valence-electron chi connectivity index (χ0n) is 18.9. The maximum absolute atomic E-state index is 12.9. The van der Waals surface area contributed by atoms with Gasteiger partial charge < -0.3 is 15.1 Å². The molecule has 6 heteroatoms. The Hall–Kier alpha value is -2.89. The van der Waals surface area contributed by atoms with Gasteiger partial charge in [-0.25, -0.2) is 4.98 Å². The van der Waals surface area contributed by atoms with E-state index in [2.05, 4.69) is 29.0 Å². The van der Waals surface area contributed by atoms with E-state index in [1.54, 1.807) is 6.20 Å². The van der Waals surface area contributed by atoms with Crippen LogP contribution in [-0.4, -0.2) is 47.9 Å². The van der Waals surface area contributed by atoms with Crippen LogP contribution in [0.15, 0.2) is 42.6 Å². The Bertz CT molecular complexity index is 873. The molecule has 0 atom stereocenters. The molecule has 1 aliphatic heterocycles. The molecule has 0 saturated carbocycles. The van der Waals surface area contributed by atoms with Crippen molar-refractivity contribution in [3.05, 3.63) is 53.7 Å². The summed E-state index contributed by atoms with van der Waals surface area (Å²) in [5, 5.41) is 2.91. The van der Waals surface area contributed by atoms with Crippen LogP contribution in [0, 0.1) is 12.8 Å². The van der Waals surface area contributed by atoms with E-state index < -0.39 is 0 Å². The largest absolute Gasteiger partial charge is 0.372 e. The highest BCUT2D eigenvalue weighted by atomic mass is 16.2. The van der Waals surface area contributed by atoms with Crippen molar-refractivity contribution in [2.75, 3.05) is 36.4 Å². The average Bonchev–Trinajstić information content (AvgIpc) is 2.79. The number of amides is 2. The number of rotatable bonds is 8. The molecule has 3 rings (SSSR count). The Morgan fingerprint density at radius 3 is 2.45 bits per heavy atom. The summed E-state index contributed by atoms with van der Waals surface area (Å²) in [7, 11) is 0. The first-order valence-electron chi connectivity index (χ1n) is 11.4. The highest BCUT2D eigenvalue weighted by Gasteiger charge is 2.28. The third-order valence-corrected chi connectivity index (χ3v) is 5.96. The number of carbonyl (C=O) groups is 2. The smallest absolute Gasteiger partial charge is 0.253 e. The number of hydrogen-bond donors (Lipinski definition) is 1. The molecule has 2 amide bonds. The van der Waals surface area contributed by atoms with Crippen LogP contribution < -0.4 is 10.2 Å². The molecule has 1 fully saturated rings. The van der Waals surface area contributed by atoms with Crippen LogP contribution in [0.4, 0.5) is 11.5 Å². The van der Waals surface area contributed by atoms with Crippen molar-refractivity contribution >= 4 is 23.3 Å². The van der Waals surface area contributed by atoms with Gasteiger partial charge in [0.05, 0.1) is 0 Å². The van der Waals surface area contributed by atoms with Crippen molar-refractivity contribution in [3.63, 3.8) is 0 Å². The summed E-state index contributed by atoms with van der Waals surface area (Å²) >= 11 is 0. The molecule has 166 valence electrons. The van der Waals surface area contributed by atoms with E-state index in [1.807, 2.05) is 48.2 Å². The van der Waals surface area contributed by atoms with Crippen molar-refractivity contribution in [3.8, 4) is 0 Å². The number of benzene rings is 1. The molecule has 1 saturated heterocycles. The fourth-order valence-corrected chi connectivity index (χ4v) is 3.99. The fourth-order valence-electron chi connectivity index (χ4n) is 3.99. The van der Waals surface area contributed by atoms with Crippen molar-refractivity contribution < 1.29 is 9.59 Å². The lowest BCUT2D eigenvalue weighted by Gasteiger charge is -2.31. The van der Waals surface area contributed by atoms with Crippen LogP contribution in [0.2, 0.25) is 0 Å². The van der Waals surface area contributed by atoms with E-state index >= 15 is 0 Å². The molecule has 0 aliphatic carbocycles. The van der Waals surface area contributed by atoms with E-state index in [9.17, 15) is 9.59 Å². The van der Waals surface area contributed by atoms with Gasteiger partial charge in [0.25, 0.3) is 5.91 Å². The van der Waals surface area contributed by atoms with E-state index in [0.29, 0.717) is 37.3 Å². The van der Waals surface area contributed by atoms with Gasteiger partial charge in [0.15, 0.2) is 0 Å². The zero-order valence-corrected chi connectivity index (χ0v) is 18.9. The van der Waals surface area contributed by atoms with Gasteiger partial charge in [0, 0.05) is 49.5 Å². The van der Waals surface area contributed by atoms with E-state index in [1.165, 1.54) is 6.42 Å². The second-order valence-electron chi connectivity index (χ2n) is 8.25. The van der Waals surface area contributed by atoms with Gasteiger partial charge in [-0.3, -0.25) is 9.59 Å². The molecular weight excluding hydrogens is 388 g/mol. The fraction of sp³-hybridized carbons (Fsp3) is 0.480. The van der Waals surface area contributed by atoms with Crippen LogP contribution in [0.5, 0.6) is 0 Å². The minimum Gasteiger partial charge on any atom is -0.372 e. The van der Waals surface area contributed by atoms with E-state index in [0.717, 1.165) is 30.8 Å². The summed E-state index contributed by atoms with van der Waals surface area (Å²) in [4.78, 5) is 33.9. The predicted molar refractivity (Wildman–Crippen MR) is 125 cm³/mol. The first-order chi connectivity index (χ1) is 15.0. The Kier molecular flexibility index (Phi) is 8.04. The van der Waals surface area contributed by atoms with Crippen LogP contribution in [0.3, 0.4) is 0 Å². The standard InChI is InChI=1S/C25H34N4O2/c1-4-6-15-28(5-2)22-9-7-21(8-10-22)25(31)29-16-12-20(13-17-29)24(30)27-23-18-19(3)11-14-26-23/h7-11,14,18,20H,4-6,12-13,15-17H2,1-3H3,(H,26,27,30). The summed E-state index contributed by atoms with van der Waals surface area (Å²) in [6.07, 6.45) is 5.37. The van der Waals surface area contributed by atoms with Gasteiger partial charge in [-0.05, 0) is 75.1 Å². The molecule has 31 heavy (non-hydrogen) atoms. The highest BCUT2D eigenvalue weighted by molar-refractivity contribution is 5.95. The van der Waals surface area contributed by atoms with Crippen LogP contribution in [0.25, 0.3) is 0 Å². The third kappa shape index (κ3) is 6.06. The molecular formula is C25H34N4O2. The Morgan fingerprint density at radius 2 is 1.84 bits per heavy atom. The normalized spacial score (nSPS) is 14.4. The minimum absolute atomic E-state index is 0.0127. The molecule has 0 radical (unpaired) electrons. The summed E-state index contributed by atoms with van der Waals surface area (Å²) in [6.45, 7) is 9.51. The van der Waals surface area contributed by atoms with Crippen molar-refractivity contribution in [1.82, 2.24) is 9.88 Å². The van der Waals surface area contributed by atoms with Gasteiger partial charge in [-0.1, -0.05) is 13.3 Å². The lowest BCUT2D eigenvalue weighted by molar-refractivity contribution is -0.121. The quantitative estimate of drug-likeness (QED) is 0.680. The number of unbranched alkanes of at least 4 members (excludes halogenated alkanes) is 1. The molecule has 2 aromatic rings. The van der Waals surface area contributed by atoms with Crippen LogP contribution >= 0.6 is 0 Å². The van der Waals surface area contributed by atoms with Gasteiger partial charge in [-0.15, -0.1) is 0 Å². The number of pyridine rings is 1. The van der Waals surface area contributed by atoms with Crippen molar-refractivity contribution in [2.45, 2.75) is 46.5 Å². The molecule has 1 aromatic heterocycles. The molecule has 1 aromatic carbocycles. The number of nitrogens with one attached hydrogen (secondary N) is 1. The predicted octanol–water partition coefficient (Wildman–Crippen LogP) is 4.51. The summed E-state index contributed by atoms with van der Waals surface area (Å²) in [6, 6.07) is 11.7. The number of aromatic nitrogens is 1. The number of likely N-dealkylation sites (tertiary alicyclic amines) is 1. The SMILES string of the molecule is CCCCN(CC)c1ccc(C(=O)N2CCC(C(=O)Nc3cc(C)ccn3)CC2)cc1.